The lowest BCUT2D eigenvalue weighted by Gasteiger charge is -2.08. The van der Waals surface area contributed by atoms with Crippen molar-refractivity contribution in [1.82, 2.24) is 15.1 Å². The van der Waals surface area contributed by atoms with Gasteiger partial charge in [0.25, 0.3) is 5.91 Å². The van der Waals surface area contributed by atoms with Gasteiger partial charge in [0.05, 0.1) is 11.4 Å². The van der Waals surface area contributed by atoms with Gasteiger partial charge in [0, 0.05) is 30.8 Å². The van der Waals surface area contributed by atoms with Crippen LogP contribution in [0.1, 0.15) is 16.9 Å². The summed E-state index contributed by atoms with van der Waals surface area (Å²) in [5, 5.41) is 7.94. The van der Waals surface area contributed by atoms with E-state index in [-0.39, 0.29) is 11.7 Å². The van der Waals surface area contributed by atoms with Crippen LogP contribution in [0, 0.1) is 5.82 Å². The van der Waals surface area contributed by atoms with E-state index in [2.05, 4.69) is 10.4 Å². The Morgan fingerprint density at radius 1 is 1.22 bits per heavy atom. The number of hydrogen-bond donors (Lipinski definition) is 1. The number of ether oxygens (including phenoxy) is 1. The lowest BCUT2D eigenvalue weighted by Crippen LogP contribution is -2.27. The maximum Gasteiger partial charge on any atom is 0.270 e. The zero-order valence-electron chi connectivity index (χ0n) is 14.8. The molecule has 3 aromatic rings. The van der Waals surface area contributed by atoms with Crippen molar-refractivity contribution in [2.75, 3.05) is 20.3 Å². The molecule has 1 heterocycles. The van der Waals surface area contributed by atoms with E-state index in [4.69, 9.17) is 16.3 Å². The summed E-state index contributed by atoms with van der Waals surface area (Å²) in [5.41, 5.74) is 2.31. The second kappa shape index (κ2) is 8.79. The summed E-state index contributed by atoms with van der Waals surface area (Å²) in [6.45, 7) is 1.05. The number of nitrogens with one attached hydrogen (secondary N) is 1. The van der Waals surface area contributed by atoms with Crippen LogP contribution in [0.25, 0.3) is 16.9 Å². The number of rotatable bonds is 7. The molecule has 1 amide bonds. The van der Waals surface area contributed by atoms with Crippen molar-refractivity contribution in [1.29, 1.82) is 0 Å². The number of nitrogens with zero attached hydrogens (tertiary/aromatic N) is 2. The summed E-state index contributed by atoms with van der Waals surface area (Å²) in [6, 6.07) is 14.7. The third-order valence-corrected chi connectivity index (χ3v) is 4.18. The molecule has 0 atom stereocenters. The Balaban J connectivity index is 1.96. The Hall–Kier alpha value is -2.70. The molecule has 0 fully saturated rings. The predicted molar refractivity (Wildman–Crippen MR) is 103 cm³/mol. The monoisotopic (exact) mass is 387 g/mol. The van der Waals surface area contributed by atoms with Crippen LogP contribution in [-0.4, -0.2) is 35.9 Å². The van der Waals surface area contributed by atoms with Crippen molar-refractivity contribution >= 4 is 17.5 Å². The first-order valence-corrected chi connectivity index (χ1v) is 8.85. The average Bonchev–Trinajstić information content (AvgIpc) is 3.11. The first kappa shape index (κ1) is 19.1. The highest BCUT2D eigenvalue weighted by Gasteiger charge is 2.17. The zero-order chi connectivity index (χ0) is 19.2. The van der Waals surface area contributed by atoms with Gasteiger partial charge in [-0.25, -0.2) is 9.07 Å². The zero-order valence-corrected chi connectivity index (χ0v) is 15.5. The Morgan fingerprint density at radius 2 is 2.00 bits per heavy atom. The topological polar surface area (TPSA) is 56.1 Å². The molecule has 0 aliphatic rings. The van der Waals surface area contributed by atoms with Gasteiger partial charge in [-0.1, -0.05) is 17.7 Å². The number of amides is 1. The molecule has 0 spiro atoms. The molecule has 7 heteroatoms. The van der Waals surface area contributed by atoms with Crippen LogP contribution in [0.2, 0.25) is 5.02 Å². The fourth-order valence-electron chi connectivity index (χ4n) is 2.62. The van der Waals surface area contributed by atoms with Crippen LogP contribution in [0.15, 0.2) is 54.6 Å². The molecule has 1 aromatic heterocycles. The van der Waals surface area contributed by atoms with Crippen LogP contribution < -0.4 is 5.32 Å². The molecule has 27 heavy (non-hydrogen) atoms. The van der Waals surface area contributed by atoms with E-state index in [0.29, 0.717) is 47.2 Å². The highest BCUT2D eigenvalue weighted by Crippen LogP contribution is 2.23. The van der Waals surface area contributed by atoms with Crippen LogP contribution in [0.3, 0.4) is 0 Å². The highest BCUT2D eigenvalue weighted by atomic mass is 35.5. The smallest absolute Gasteiger partial charge is 0.270 e. The number of benzene rings is 2. The quantitative estimate of drug-likeness (QED) is 0.621. The van der Waals surface area contributed by atoms with Crippen molar-refractivity contribution in [2.24, 2.45) is 0 Å². The summed E-state index contributed by atoms with van der Waals surface area (Å²) in [6.07, 6.45) is 0.707. The van der Waals surface area contributed by atoms with E-state index in [1.54, 1.807) is 43.5 Å². The van der Waals surface area contributed by atoms with Crippen LogP contribution >= 0.6 is 11.6 Å². The Bertz CT molecular complexity index is 925. The second-order valence-electron chi connectivity index (χ2n) is 5.92. The lowest BCUT2D eigenvalue weighted by molar-refractivity contribution is 0.0941. The Kier molecular flexibility index (Phi) is 6.21. The Labute approximate surface area is 161 Å². The second-order valence-corrected chi connectivity index (χ2v) is 6.35. The van der Waals surface area contributed by atoms with Gasteiger partial charge in [-0.15, -0.1) is 0 Å². The van der Waals surface area contributed by atoms with Gasteiger partial charge in [0.1, 0.15) is 11.5 Å². The molecule has 5 nitrogen and oxygen atoms in total. The number of halogens is 2. The first-order valence-electron chi connectivity index (χ1n) is 8.47. The average molecular weight is 388 g/mol. The summed E-state index contributed by atoms with van der Waals surface area (Å²) in [7, 11) is 1.62. The lowest BCUT2D eigenvalue weighted by atomic mass is 10.1. The van der Waals surface area contributed by atoms with E-state index in [9.17, 15) is 9.18 Å². The molecule has 0 saturated heterocycles. The van der Waals surface area contributed by atoms with E-state index in [1.165, 1.54) is 16.8 Å². The van der Waals surface area contributed by atoms with E-state index < -0.39 is 0 Å². The first-order chi connectivity index (χ1) is 13.1. The van der Waals surface area contributed by atoms with Crippen molar-refractivity contribution in [3.8, 4) is 16.9 Å². The number of aromatic nitrogens is 2. The highest BCUT2D eigenvalue weighted by molar-refractivity contribution is 6.30. The van der Waals surface area contributed by atoms with Crippen LogP contribution in [0.5, 0.6) is 0 Å². The molecular formula is C20H19ClFN3O2. The minimum atomic E-state index is -0.330. The van der Waals surface area contributed by atoms with Gasteiger partial charge in [0.15, 0.2) is 0 Å². The summed E-state index contributed by atoms with van der Waals surface area (Å²) in [4.78, 5) is 12.7. The molecule has 0 saturated carbocycles. The van der Waals surface area contributed by atoms with Crippen LogP contribution in [0.4, 0.5) is 4.39 Å². The molecule has 2 aromatic carbocycles. The molecule has 0 unspecified atom stereocenters. The summed E-state index contributed by atoms with van der Waals surface area (Å²) >= 11 is 6.09. The van der Waals surface area contributed by atoms with Crippen molar-refractivity contribution < 1.29 is 13.9 Å². The molecule has 0 bridgehead atoms. The van der Waals surface area contributed by atoms with E-state index in [1.807, 2.05) is 6.07 Å². The molecular weight excluding hydrogens is 369 g/mol. The molecule has 140 valence electrons. The third-order valence-electron chi connectivity index (χ3n) is 3.95. The number of carbonyl (C=O) groups excluding carboxylic acids is 1. The normalized spacial score (nSPS) is 10.8. The maximum atomic E-state index is 13.2. The minimum Gasteiger partial charge on any atom is -0.385 e. The van der Waals surface area contributed by atoms with Gasteiger partial charge >= 0.3 is 0 Å². The van der Waals surface area contributed by atoms with Gasteiger partial charge in [-0.3, -0.25) is 4.79 Å². The van der Waals surface area contributed by atoms with Crippen molar-refractivity contribution in [2.45, 2.75) is 6.42 Å². The predicted octanol–water partition coefficient (Wildman–Crippen LogP) is 4.10. The summed E-state index contributed by atoms with van der Waals surface area (Å²) < 4.78 is 19.7. The fourth-order valence-corrected chi connectivity index (χ4v) is 2.80. The fraction of sp³-hybridized carbons (Fsp3) is 0.200. The van der Waals surface area contributed by atoms with E-state index in [0.717, 1.165) is 0 Å². The number of methoxy groups -OCH3 is 1. The number of carbonyl (C=O) groups is 1. The molecule has 0 radical (unpaired) electrons. The molecule has 0 aliphatic carbocycles. The van der Waals surface area contributed by atoms with E-state index >= 15 is 0 Å². The Morgan fingerprint density at radius 3 is 2.70 bits per heavy atom. The van der Waals surface area contributed by atoms with Gasteiger partial charge < -0.3 is 10.1 Å². The SMILES string of the molecule is COCCCNC(=O)c1cc(-c2ccc(F)cc2)nn1-c1cccc(Cl)c1. The standard InChI is InChI=1S/C20H19ClFN3O2/c1-27-11-3-10-23-20(26)19-13-18(14-6-8-16(22)9-7-14)24-25(19)17-5-2-4-15(21)12-17/h2,4-9,12-13H,3,10-11H2,1H3,(H,23,26). The van der Waals surface area contributed by atoms with Crippen molar-refractivity contribution in [3.05, 3.63) is 71.1 Å². The van der Waals surface area contributed by atoms with Crippen molar-refractivity contribution in [3.63, 3.8) is 0 Å². The largest absolute Gasteiger partial charge is 0.385 e. The third kappa shape index (κ3) is 4.72. The van der Waals surface area contributed by atoms with Gasteiger partial charge in [-0.05, 0) is 55.0 Å². The number of hydrogen-bond acceptors (Lipinski definition) is 3. The molecule has 3 rings (SSSR count). The summed E-state index contributed by atoms with van der Waals surface area (Å²) in [5.74, 6) is -0.587. The maximum absolute atomic E-state index is 13.2. The molecule has 0 aliphatic heterocycles. The van der Waals surface area contributed by atoms with Gasteiger partial charge in [0.2, 0.25) is 0 Å². The minimum absolute atomic E-state index is 0.257. The molecule has 1 N–H and O–H groups in total. The van der Waals surface area contributed by atoms with Gasteiger partial charge in [-0.2, -0.15) is 5.10 Å². The van der Waals surface area contributed by atoms with Crippen LogP contribution in [-0.2, 0) is 4.74 Å².